The smallest absolute Gasteiger partial charge is 0.345 e. The number of nitrogens with one attached hydrogen (secondary N) is 2. The van der Waals surface area contributed by atoms with Crippen molar-refractivity contribution in [1.82, 2.24) is 5.43 Å². The van der Waals surface area contributed by atoms with E-state index in [2.05, 4.69) is 15.8 Å². The number of halogens is 4. The van der Waals surface area contributed by atoms with Crippen LogP contribution >= 0.6 is 46.4 Å². The molecule has 0 saturated carbocycles. The zero-order valence-corrected chi connectivity index (χ0v) is 19.5. The Kier molecular flexibility index (Phi) is 8.30. The fourth-order valence-electron chi connectivity index (χ4n) is 2.43. The van der Waals surface area contributed by atoms with E-state index in [0.717, 1.165) is 0 Å². The second-order valence-corrected chi connectivity index (χ2v) is 7.97. The molecule has 3 aromatic carbocycles. The van der Waals surface area contributed by atoms with Crippen molar-refractivity contribution in [3.8, 4) is 5.75 Å². The summed E-state index contributed by atoms with van der Waals surface area (Å²) >= 11 is 23.7. The number of benzene rings is 3. The van der Waals surface area contributed by atoms with Gasteiger partial charge in [0.2, 0.25) is 0 Å². The summed E-state index contributed by atoms with van der Waals surface area (Å²) in [6.07, 6.45) is 1.30. The van der Waals surface area contributed by atoms with Crippen LogP contribution in [0.15, 0.2) is 65.8 Å². The van der Waals surface area contributed by atoms with E-state index in [9.17, 15) is 14.4 Å². The number of anilines is 1. The van der Waals surface area contributed by atoms with Crippen molar-refractivity contribution in [3.63, 3.8) is 0 Å². The first kappa shape index (κ1) is 24.5. The van der Waals surface area contributed by atoms with Crippen molar-refractivity contribution in [1.29, 1.82) is 0 Å². The van der Waals surface area contributed by atoms with Crippen LogP contribution in [0.25, 0.3) is 0 Å². The van der Waals surface area contributed by atoms with E-state index >= 15 is 0 Å². The van der Waals surface area contributed by atoms with Crippen molar-refractivity contribution in [2.45, 2.75) is 0 Å². The molecule has 2 N–H and O–H groups in total. The molecule has 0 bridgehead atoms. The third-order valence-electron chi connectivity index (χ3n) is 4.03. The fourth-order valence-corrected chi connectivity index (χ4v) is 3.27. The molecule has 11 heteroatoms. The van der Waals surface area contributed by atoms with Crippen molar-refractivity contribution < 1.29 is 19.1 Å². The lowest BCUT2D eigenvalue weighted by Crippen LogP contribution is -2.32. The Labute approximate surface area is 208 Å². The Morgan fingerprint density at radius 3 is 2.27 bits per heavy atom. The molecule has 33 heavy (non-hydrogen) atoms. The Morgan fingerprint density at radius 1 is 0.848 bits per heavy atom. The summed E-state index contributed by atoms with van der Waals surface area (Å²) in [5.41, 5.74) is 3.03. The summed E-state index contributed by atoms with van der Waals surface area (Å²) < 4.78 is 5.27. The molecule has 0 unspecified atom stereocenters. The van der Waals surface area contributed by atoms with Gasteiger partial charge in [0.25, 0.3) is 0 Å². The molecule has 168 valence electrons. The van der Waals surface area contributed by atoms with E-state index in [-0.39, 0.29) is 32.1 Å². The Bertz CT molecular complexity index is 1250. The van der Waals surface area contributed by atoms with E-state index in [1.165, 1.54) is 42.6 Å². The molecule has 0 spiro atoms. The van der Waals surface area contributed by atoms with Crippen molar-refractivity contribution in [3.05, 3.63) is 91.9 Å². The first-order valence-electron chi connectivity index (χ1n) is 9.10. The number of carbonyl (C=O) groups is 3. The molecule has 0 atom stereocenters. The maximum Gasteiger partial charge on any atom is 0.345 e. The van der Waals surface area contributed by atoms with E-state index in [1.54, 1.807) is 24.3 Å². The van der Waals surface area contributed by atoms with Crippen LogP contribution in [0.4, 0.5) is 5.69 Å². The molecule has 0 aliphatic carbocycles. The van der Waals surface area contributed by atoms with Gasteiger partial charge in [-0.3, -0.25) is 9.59 Å². The average Bonchev–Trinajstić information content (AvgIpc) is 2.77. The van der Waals surface area contributed by atoms with Gasteiger partial charge < -0.3 is 10.1 Å². The van der Waals surface area contributed by atoms with Crippen LogP contribution in [-0.2, 0) is 9.59 Å². The normalized spacial score (nSPS) is 10.7. The number of rotatable bonds is 5. The van der Waals surface area contributed by atoms with Gasteiger partial charge in [-0.15, -0.1) is 0 Å². The van der Waals surface area contributed by atoms with Crippen LogP contribution in [0.1, 0.15) is 15.9 Å². The first-order valence-corrected chi connectivity index (χ1v) is 10.6. The number of hydrazone groups is 1. The van der Waals surface area contributed by atoms with Gasteiger partial charge in [-0.1, -0.05) is 52.5 Å². The zero-order chi connectivity index (χ0) is 24.0. The standard InChI is InChI=1S/C22H13Cl4N3O4/c23-13-6-9-15(17(25)10-13)22(32)33-14-7-4-12(5-8-14)11-27-29-21(31)20(30)28-18-3-1-2-16(24)19(18)26/h1-11H,(H,28,30)(H,29,31)/b27-11+. The Hall–Kier alpha value is -3.10. The monoisotopic (exact) mass is 523 g/mol. The largest absolute Gasteiger partial charge is 0.423 e. The van der Waals surface area contributed by atoms with Gasteiger partial charge in [0.15, 0.2) is 0 Å². The number of hydrogen-bond donors (Lipinski definition) is 2. The third kappa shape index (κ3) is 6.69. The quantitative estimate of drug-likeness (QED) is 0.149. The number of esters is 1. The molecule has 0 saturated heterocycles. The van der Waals surface area contributed by atoms with Crippen LogP contribution in [0, 0.1) is 0 Å². The second kappa shape index (κ2) is 11.2. The predicted octanol–water partition coefficient (Wildman–Crippen LogP) is 5.61. The maximum absolute atomic E-state index is 12.2. The van der Waals surface area contributed by atoms with E-state index in [4.69, 9.17) is 51.1 Å². The molecule has 0 aliphatic rings. The van der Waals surface area contributed by atoms with Gasteiger partial charge in [-0.05, 0) is 60.2 Å². The molecule has 3 aromatic rings. The van der Waals surface area contributed by atoms with Gasteiger partial charge in [-0.25, -0.2) is 10.2 Å². The molecule has 2 amide bonds. The third-order valence-corrected chi connectivity index (χ3v) is 5.39. The molecule has 0 radical (unpaired) electrons. The summed E-state index contributed by atoms with van der Waals surface area (Å²) in [5, 5.41) is 6.98. The summed E-state index contributed by atoms with van der Waals surface area (Å²) in [4.78, 5) is 36.1. The number of ether oxygens (including phenoxy) is 1. The van der Waals surface area contributed by atoms with Gasteiger partial charge in [0.05, 0.1) is 32.5 Å². The molecule has 0 aromatic heterocycles. The van der Waals surface area contributed by atoms with E-state index in [1.807, 2.05) is 0 Å². The van der Waals surface area contributed by atoms with Crippen molar-refractivity contribution in [2.24, 2.45) is 5.10 Å². The highest BCUT2D eigenvalue weighted by atomic mass is 35.5. The highest BCUT2D eigenvalue weighted by molar-refractivity contribution is 6.45. The first-order chi connectivity index (χ1) is 15.7. The molecule has 0 fully saturated rings. The number of hydrogen-bond acceptors (Lipinski definition) is 5. The lowest BCUT2D eigenvalue weighted by atomic mass is 10.2. The van der Waals surface area contributed by atoms with Crippen molar-refractivity contribution >= 4 is 76.1 Å². The van der Waals surface area contributed by atoms with Gasteiger partial charge in [0, 0.05) is 5.02 Å². The molecular formula is C22H13Cl4N3O4. The molecule has 0 heterocycles. The van der Waals surface area contributed by atoms with Gasteiger partial charge >= 0.3 is 17.8 Å². The molecule has 0 aliphatic heterocycles. The minimum atomic E-state index is -1.01. The van der Waals surface area contributed by atoms with Crippen LogP contribution < -0.4 is 15.5 Å². The Morgan fingerprint density at radius 2 is 1.58 bits per heavy atom. The highest BCUT2D eigenvalue weighted by Gasteiger charge is 2.16. The topological polar surface area (TPSA) is 96.9 Å². The number of amides is 2. The maximum atomic E-state index is 12.2. The van der Waals surface area contributed by atoms with Crippen LogP contribution in [0.5, 0.6) is 5.75 Å². The van der Waals surface area contributed by atoms with Crippen LogP contribution in [-0.4, -0.2) is 24.0 Å². The lowest BCUT2D eigenvalue weighted by molar-refractivity contribution is -0.136. The summed E-state index contributed by atoms with van der Waals surface area (Å²) in [5.74, 6) is -2.35. The lowest BCUT2D eigenvalue weighted by Gasteiger charge is -2.07. The summed E-state index contributed by atoms with van der Waals surface area (Å²) in [6.45, 7) is 0. The average molecular weight is 525 g/mol. The molecule has 3 rings (SSSR count). The Balaban J connectivity index is 1.54. The highest BCUT2D eigenvalue weighted by Crippen LogP contribution is 2.29. The summed E-state index contributed by atoms with van der Waals surface area (Å²) in [6, 6.07) is 15.3. The van der Waals surface area contributed by atoms with Crippen LogP contribution in [0.2, 0.25) is 20.1 Å². The summed E-state index contributed by atoms with van der Waals surface area (Å²) in [7, 11) is 0. The second-order valence-electron chi connectivity index (χ2n) is 6.34. The van der Waals surface area contributed by atoms with Crippen LogP contribution in [0.3, 0.4) is 0 Å². The van der Waals surface area contributed by atoms with Crippen molar-refractivity contribution in [2.75, 3.05) is 5.32 Å². The van der Waals surface area contributed by atoms with E-state index in [0.29, 0.717) is 10.6 Å². The zero-order valence-electron chi connectivity index (χ0n) is 16.4. The minimum Gasteiger partial charge on any atom is -0.423 e. The number of carbonyl (C=O) groups excluding carboxylic acids is 3. The minimum absolute atomic E-state index is 0.114. The van der Waals surface area contributed by atoms with Gasteiger partial charge in [-0.2, -0.15) is 5.10 Å². The fraction of sp³-hybridized carbons (Fsp3) is 0. The molecule has 7 nitrogen and oxygen atoms in total. The molecular weight excluding hydrogens is 512 g/mol. The SMILES string of the molecule is O=C(N/N=C/c1ccc(OC(=O)c2ccc(Cl)cc2Cl)cc1)C(=O)Nc1cccc(Cl)c1Cl. The van der Waals surface area contributed by atoms with E-state index < -0.39 is 17.8 Å². The predicted molar refractivity (Wildman–Crippen MR) is 129 cm³/mol. The van der Waals surface area contributed by atoms with Gasteiger partial charge in [0.1, 0.15) is 5.75 Å². The number of nitrogens with zero attached hydrogens (tertiary/aromatic N) is 1.